The molecule has 1 aromatic heterocycles. The first-order valence-corrected chi connectivity index (χ1v) is 22.9. The second-order valence-corrected chi connectivity index (χ2v) is 17.9. The van der Waals surface area contributed by atoms with Crippen molar-refractivity contribution in [2.24, 2.45) is 11.8 Å². The number of nitrogens with zero attached hydrogens (tertiary/aromatic N) is 1. The number of benzene rings is 3. The molecule has 1 aliphatic carbocycles. The van der Waals surface area contributed by atoms with Gasteiger partial charge in [0.05, 0.1) is 6.61 Å². The average Bonchev–Trinajstić information content (AvgIpc) is 3.27. The lowest BCUT2D eigenvalue weighted by Crippen LogP contribution is -2.57. The number of carbonyl (C=O) groups excluding carboxylic acids is 4. The van der Waals surface area contributed by atoms with Crippen LogP contribution in [0.5, 0.6) is 28.7 Å². The van der Waals surface area contributed by atoms with Crippen molar-refractivity contribution in [1.82, 2.24) is 26.3 Å². The lowest BCUT2D eigenvalue weighted by atomic mass is 9.84. The molecule has 9 rings (SSSR count). The van der Waals surface area contributed by atoms with Crippen LogP contribution in [0.25, 0.3) is 0 Å². The van der Waals surface area contributed by atoms with E-state index >= 15 is 0 Å². The smallest absolute Gasteiger partial charge is 0.326 e. The Morgan fingerprint density at radius 2 is 1.53 bits per heavy atom. The van der Waals surface area contributed by atoms with E-state index in [4.69, 9.17) is 30.5 Å². The maximum atomic E-state index is 14.0. The summed E-state index contributed by atoms with van der Waals surface area (Å²) in [5, 5.41) is 22.4. The van der Waals surface area contributed by atoms with Crippen molar-refractivity contribution in [2.45, 2.75) is 117 Å². The van der Waals surface area contributed by atoms with Gasteiger partial charge in [-0.25, -0.2) is 4.79 Å². The monoisotopic (exact) mass is 925 g/mol. The third-order valence-electron chi connectivity index (χ3n) is 11.6. The maximum absolute atomic E-state index is 14.0. The normalized spacial score (nSPS) is 21.2. The Bertz CT molecular complexity index is 2310. The number of nitrogens with one attached hydrogen (secondary N) is 4. The molecule has 1 saturated carbocycles. The average molecular weight is 927 g/mol. The predicted molar refractivity (Wildman–Crippen MR) is 248 cm³/mol. The molecule has 15 nitrogen and oxygen atoms in total. The molecule has 352 valence electrons. The van der Waals surface area contributed by atoms with Gasteiger partial charge in [0.2, 0.25) is 17.7 Å². The Morgan fingerprint density at radius 1 is 0.833 bits per heavy atom. The highest BCUT2D eigenvalue weighted by molar-refractivity contribution is 6.32. The zero-order valence-corrected chi connectivity index (χ0v) is 38.9. The lowest BCUT2D eigenvalue weighted by molar-refractivity contribution is -0.142. The van der Waals surface area contributed by atoms with Crippen molar-refractivity contribution in [2.75, 3.05) is 13.2 Å². The highest BCUT2D eigenvalue weighted by Crippen LogP contribution is 2.39. The molecule has 3 aromatic carbocycles. The first kappa shape index (κ1) is 49.1. The number of amides is 4. The number of hydrogen-bond acceptors (Lipinski definition) is 10. The number of hydrogen-bond donors (Lipinski definition) is 5. The van der Waals surface area contributed by atoms with E-state index in [0.29, 0.717) is 89.2 Å². The number of carboxylic acids is 1. The summed E-state index contributed by atoms with van der Waals surface area (Å²) < 4.78 is 24.8. The number of carbonyl (C=O) groups is 5. The second-order valence-electron chi connectivity index (χ2n) is 17.5. The van der Waals surface area contributed by atoms with Crippen molar-refractivity contribution >= 4 is 41.2 Å². The van der Waals surface area contributed by atoms with E-state index in [0.717, 1.165) is 11.1 Å². The van der Waals surface area contributed by atoms with Crippen LogP contribution in [0, 0.1) is 25.7 Å². The molecule has 3 atom stereocenters. The van der Waals surface area contributed by atoms with Crippen LogP contribution in [0.1, 0.15) is 87.1 Å². The molecule has 5 N–H and O–H groups in total. The van der Waals surface area contributed by atoms with Crippen molar-refractivity contribution in [3.05, 3.63) is 106 Å². The zero-order chi connectivity index (χ0) is 47.3. The summed E-state index contributed by atoms with van der Waals surface area (Å²) in [5.74, 6) is -0.985. The van der Waals surface area contributed by atoms with Gasteiger partial charge in [-0.1, -0.05) is 43.6 Å². The molecular weight excluding hydrogens is 866 g/mol. The Morgan fingerprint density at radius 3 is 2.18 bits per heavy atom. The molecule has 4 aliphatic heterocycles. The lowest BCUT2D eigenvalue weighted by Gasteiger charge is -2.30. The number of pyridine rings is 1. The molecule has 4 bridgehead atoms. The molecule has 66 heavy (non-hydrogen) atoms. The summed E-state index contributed by atoms with van der Waals surface area (Å²) in [4.78, 5) is 71.6. The molecule has 16 heteroatoms. The molecule has 1 fully saturated rings. The van der Waals surface area contributed by atoms with Crippen LogP contribution in [0.4, 0.5) is 0 Å². The van der Waals surface area contributed by atoms with Gasteiger partial charge in [0.1, 0.15) is 42.0 Å². The van der Waals surface area contributed by atoms with Crippen molar-refractivity contribution in [3.8, 4) is 28.7 Å². The molecule has 0 radical (unpaired) electrons. The first-order chi connectivity index (χ1) is 31.6. The number of halogens is 1. The van der Waals surface area contributed by atoms with E-state index in [2.05, 4.69) is 26.3 Å². The highest BCUT2D eigenvalue weighted by Gasteiger charge is 2.32. The third-order valence-corrected chi connectivity index (χ3v) is 12.2. The third kappa shape index (κ3) is 14.1. The Labute approximate surface area is 390 Å². The maximum Gasteiger partial charge on any atom is 0.326 e. The van der Waals surface area contributed by atoms with E-state index in [1.807, 2.05) is 46.8 Å². The highest BCUT2D eigenvalue weighted by atomic mass is 35.5. The van der Waals surface area contributed by atoms with Gasteiger partial charge in [0.15, 0.2) is 18.1 Å². The summed E-state index contributed by atoms with van der Waals surface area (Å²) in [7, 11) is 0. The second kappa shape index (κ2) is 23.2. The van der Waals surface area contributed by atoms with Crippen LogP contribution in [0.15, 0.2) is 73.1 Å². The molecule has 5 heterocycles. The van der Waals surface area contributed by atoms with Crippen molar-refractivity contribution in [1.29, 1.82) is 0 Å². The van der Waals surface area contributed by atoms with Gasteiger partial charge < -0.3 is 45.3 Å². The van der Waals surface area contributed by atoms with Crippen molar-refractivity contribution in [3.63, 3.8) is 0 Å². The van der Waals surface area contributed by atoms with Gasteiger partial charge in [-0.15, -0.1) is 0 Å². The number of aryl methyl sites for hydroxylation is 2. The summed E-state index contributed by atoms with van der Waals surface area (Å²) in [6, 6.07) is 13.8. The standard InChI is InChI=1S/C50H60ClN5O10/c1-6-63-43-25-39(66-38-19-30(4)46(51)31(5)20-38)24-35-27-64-37-15-11-32(12-16-37)21-42(50(61)62)56-49(60)41(22-34-8-7-17-52-26-34)55-48(59)40(18-29(2)3)54-44(57)23-33-9-13-36(14-10-33)53-45(58)28-65-47(35)43/h7-8,11-12,15-17,19-20,24-26,29,33,36,40-42H,6,9-10,13-14,18,21-23,27-28H2,1-5H3,(H,53,58)(H,54,57)(H,55,59)(H,56,60)(H,61,62)/t33?,36?,40-,41+,42+/m0/s1. The topological polar surface area (TPSA) is 204 Å². The summed E-state index contributed by atoms with van der Waals surface area (Å²) in [5.41, 5.74) is 3.47. The number of rotatable bonds is 9. The minimum absolute atomic E-state index is 0.0205. The molecule has 4 aromatic rings. The number of ether oxygens (including phenoxy) is 4. The Kier molecular flexibility index (Phi) is 17.3. The summed E-state index contributed by atoms with van der Waals surface area (Å²) in [6.45, 7) is 9.45. The van der Waals surface area contributed by atoms with Gasteiger partial charge in [0.25, 0.3) is 5.91 Å². The number of carboxylic acid groups (broad SMARTS) is 1. The molecule has 0 unspecified atom stereocenters. The first-order valence-electron chi connectivity index (χ1n) is 22.5. The van der Waals surface area contributed by atoms with Crippen LogP contribution in [0.2, 0.25) is 5.02 Å². The van der Waals surface area contributed by atoms with Gasteiger partial charge >= 0.3 is 5.97 Å². The molecular formula is C50H60ClN5O10. The number of aliphatic carboxylic acids is 1. The Hall–Kier alpha value is -6.35. The zero-order valence-electron chi connectivity index (χ0n) is 38.1. The minimum atomic E-state index is -1.36. The van der Waals surface area contributed by atoms with Gasteiger partial charge in [0, 0.05) is 54.4 Å². The fourth-order valence-electron chi connectivity index (χ4n) is 8.29. The van der Waals surface area contributed by atoms with E-state index in [-0.39, 0.29) is 62.2 Å². The van der Waals surface area contributed by atoms with E-state index < -0.39 is 35.9 Å². The number of aromatic nitrogens is 1. The fraction of sp³-hybridized carbons (Fsp3) is 0.440. The largest absolute Gasteiger partial charge is 0.490 e. The van der Waals surface area contributed by atoms with E-state index in [1.165, 1.54) is 0 Å². The van der Waals surface area contributed by atoms with Crippen LogP contribution in [-0.2, 0) is 43.4 Å². The molecule has 4 amide bonds. The van der Waals surface area contributed by atoms with Gasteiger partial charge in [-0.2, -0.15) is 0 Å². The van der Waals surface area contributed by atoms with Crippen LogP contribution >= 0.6 is 11.6 Å². The summed E-state index contributed by atoms with van der Waals surface area (Å²) in [6.07, 6.45) is 6.28. The van der Waals surface area contributed by atoms with Gasteiger partial charge in [-0.05, 0) is 123 Å². The Balaban J connectivity index is 1.30. The van der Waals surface area contributed by atoms with Crippen molar-refractivity contribution < 1.29 is 48.0 Å². The minimum Gasteiger partial charge on any atom is -0.490 e. The van der Waals surface area contributed by atoms with E-state index in [9.17, 15) is 29.1 Å². The van der Waals surface area contributed by atoms with E-state index in [1.54, 1.807) is 60.9 Å². The molecule has 5 aliphatic rings. The predicted octanol–water partition coefficient (Wildman–Crippen LogP) is 6.95. The van der Waals surface area contributed by atoms with Crippen LogP contribution < -0.4 is 40.2 Å². The van der Waals surface area contributed by atoms with Gasteiger partial charge in [-0.3, -0.25) is 24.2 Å². The quantitative estimate of drug-likeness (QED) is 0.116. The summed E-state index contributed by atoms with van der Waals surface area (Å²) >= 11 is 6.44. The molecule has 0 saturated heterocycles. The fourth-order valence-corrected chi connectivity index (χ4v) is 8.40. The SMILES string of the molecule is CCOc1cc(Oc2cc(C)c(Cl)c(C)c2)cc2c1OCC(=O)NC1CCC(CC1)CC(=O)N[C@@H](CC(C)C)C(=O)N[C@H](Cc1cccnc1)C(=O)N[C@@H](C(=O)O)Cc1ccc(cc1)OC2. The van der Waals surface area contributed by atoms with Crippen LogP contribution in [0.3, 0.4) is 0 Å². The van der Waals surface area contributed by atoms with Crippen LogP contribution in [-0.4, -0.2) is 77.1 Å². The molecule has 0 spiro atoms.